The van der Waals surface area contributed by atoms with Crippen LogP contribution >= 0.6 is 0 Å². The van der Waals surface area contributed by atoms with Crippen molar-refractivity contribution in [3.8, 4) is 0 Å². The molecule has 0 fully saturated rings. The van der Waals surface area contributed by atoms with E-state index in [4.69, 9.17) is 0 Å². The maximum Gasteiger partial charge on any atom is 0.0430 e. The van der Waals surface area contributed by atoms with Crippen molar-refractivity contribution in [3.63, 3.8) is 0 Å². The van der Waals surface area contributed by atoms with Gasteiger partial charge in [-0.3, -0.25) is 0 Å². The van der Waals surface area contributed by atoms with Crippen LogP contribution in [0.4, 0.5) is 5.69 Å². The summed E-state index contributed by atoms with van der Waals surface area (Å²) in [4.78, 5) is 0. The molecule has 3 aliphatic rings. The summed E-state index contributed by atoms with van der Waals surface area (Å²) < 4.78 is 0. The van der Waals surface area contributed by atoms with Crippen molar-refractivity contribution in [1.29, 1.82) is 0 Å². The minimum absolute atomic E-state index is 0. The lowest BCUT2D eigenvalue weighted by atomic mass is 9.72. The number of benzene rings is 2. The van der Waals surface area contributed by atoms with Gasteiger partial charge in [-0.15, -0.1) is 0 Å². The van der Waals surface area contributed by atoms with Gasteiger partial charge in [-0.1, -0.05) is 96.4 Å². The zero-order valence-corrected chi connectivity index (χ0v) is 21.4. The van der Waals surface area contributed by atoms with Crippen molar-refractivity contribution < 1.29 is 0 Å². The molecule has 0 aromatic heterocycles. The summed E-state index contributed by atoms with van der Waals surface area (Å²) in [6.45, 7) is 16.0. The van der Waals surface area contributed by atoms with Gasteiger partial charge in [-0.25, -0.2) is 0 Å². The second-order valence-electron chi connectivity index (χ2n) is 11.1. The number of allylic oxidation sites excluding steroid dienone is 7. The third-order valence-electron chi connectivity index (χ3n) is 8.17. The SMILES string of the molecule is C.C=C(C=CC=C1Nc2ccc3c(c2C1(C)C)C=CCC3)C(C)(C)c1c(C)ccc2c1C=CCC2. The van der Waals surface area contributed by atoms with Gasteiger partial charge in [0.2, 0.25) is 0 Å². The summed E-state index contributed by atoms with van der Waals surface area (Å²) >= 11 is 0. The molecular weight excluding hydrogens is 422 g/mol. The summed E-state index contributed by atoms with van der Waals surface area (Å²) in [6, 6.07) is 9.14. The summed E-state index contributed by atoms with van der Waals surface area (Å²) in [5, 5.41) is 3.71. The van der Waals surface area contributed by atoms with E-state index in [2.05, 4.69) is 113 Å². The largest absolute Gasteiger partial charge is 0.358 e. The summed E-state index contributed by atoms with van der Waals surface area (Å²) in [7, 11) is 0. The third-order valence-corrected chi connectivity index (χ3v) is 8.17. The topological polar surface area (TPSA) is 12.0 Å². The lowest BCUT2D eigenvalue weighted by Crippen LogP contribution is -2.23. The van der Waals surface area contributed by atoms with Crippen LogP contribution in [0.5, 0.6) is 0 Å². The van der Waals surface area contributed by atoms with E-state index in [1.165, 1.54) is 50.3 Å². The Hall–Kier alpha value is -3.06. The van der Waals surface area contributed by atoms with Gasteiger partial charge in [0.25, 0.3) is 0 Å². The Labute approximate surface area is 213 Å². The van der Waals surface area contributed by atoms with Gasteiger partial charge in [0.15, 0.2) is 0 Å². The number of hydrogen-bond donors (Lipinski definition) is 1. The molecular formula is C34H41N. The molecule has 1 heterocycles. The van der Waals surface area contributed by atoms with Crippen molar-refractivity contribution in [2.24, 2.45) is 0 Å². The fourth-order valence-corrected chi connectivity index (χ4v) is 6.05. The number of hydrogen-bond acceptors (Lipinski definition) is 1. The summed E-state index contributed by atoms with van der Waals surface area (Å²) in [5.74, 6) is 0. The molecule has 0 saturated carbocycles. The minimum Gasteiger partial charge on any atom is -0.358 e. The number of nitrogens with one attached hydrogen (secondary N) is 1. The van der Waals surface area contributed by atoms with Crippen molar-refractivity contribution in [1.82, 2.24) is 0 Å². The monoisotopic (exact) mass is 463 g/mol. The van der Waals surface area contributed by atoms with Crippen LogP contribution in [-0.4, -0.2) is 0 Å². The second-order valence-corrected chi connectivity index (χ2v) is 11.1. The molecule has 5 rings (SSSR count). The van der Waals surface area contributed by atoms with E-state index in [1.807, 2.05) is 0 Å². The molecule has 1 nitrogen and oxygen atoms in total. The van der Waals surface area contributed by atoms with E-state index in [0.29, 0.717) is 0 Å². The fraction of sp³-hybridized carbons (Fsp3) is 0.353. The Morgan fingerprint density at radius 1 is 0.971 bits per heavy atom. The first-order valence-electron chi connectivity index (χ1n) is 12.7. The van der Waals surface area contributed by atoms with E-state index >= 15 is 0 Å². The number of anilines is 1. The fourth-order valence-electron chi connectivity index (χ4n) is 6.05. The van der Waals surface area contributed by atoms with Crippen LogP contribution in [0.2, 0.25) is 0 Å². The molecule has 0 unspecified atom stereocenters. The second kappa shape index (κ2) is 9.19. The standard InChI is InChI=1S/C33H37N.CH4/c1-22-18-19-24-13-7-9-15-26(24)30(22)32(3,4)23(2)12-11-17-29-33(5,6)31-27-16-10-8-14-25(27)20-21-28(31)34-29;/h9-12,15-21,34H,2,7-8,13-14H2,1,3-6H3;1H4. The molecule has 35 heavy (non-hydrogen) atoms. The first-order chi connectivity index (χ1) is 16.2. The molecule has 0 radical (unpaired) electrons. The smallest absolute Gasteiger partial charge is 0.0430 e. The average molecular weight is 464 g/mol. The van der Waals surface area contributed by atoms with Crippen LogP contribution in [0.15, 0.2) is 72.5 Å². The molecule has 0 atom stereocenters. The molecule has 2 aromatic carbocycles. The van der Waals surface area contributed by atoms with E-state index in [0.717, 1.165) is 31.3 Å². The number of fused-ring (bicyclic) bond motifs is 4. The average Bonchev–Trinajstić information content (AvgIpc) is 3.08. The lowest BCUT2D eigenvalue weighted by Gasteiger charge is -2.32. The van der Waals surface area contributed by atoms with Gasteiger partial charge >= 0.3 is 0 Å². The summed E-state index contributed by atoms with van der Waals surface area (Å²) in [5.41, 5.74) is 13.4. The molecule has 0 spiro atoms. The van der Waals surface area contributed by atoms with Crippen LogP contribution in [0.3, 0.4) is 0 Å². The molecule has 182 valence electrons. The predicted octanol–water partition coefficient (Wildman–Crippen LogP) is 9.23. The maximum atomic E-state index is 4.52. The Kier molecular flexibility index (Phi) is 6.58. The highest BCUT2D eigenvalue weighted by molar-refractivity contribution is 5.78. The molecule has 1 heteroatoms. The van der Waals surface area contributed by atoms with Gasteiger partial charge in [0, 0.05) is 22.2 Å². The third kappa shape index (κ3) is 4.16. The van der Waals surface area contributed by atoms with Crippen LogP contribution in [-0.2, 0) is 23.7 Å². The van der Waals surface area contributed by atoms with Gasteiger partial charge < -0.3 is 5.32 Å². The van der Waals surface area contributed by atoms with Gasteiger partial charge in [-0.05, 0) is 89.3 Å². The van der Waals surface area contributed by atoms with Gasteiger partial charge in [0.05, 0.1) is 0 Å². The van der Waals surface area contributed by atoms with Gasteiger partial charge in [0.1, 0.15) is 0 Å². The molecule has 1 aliphatic heterocycles. The van der Waals surface area contributed by atoms with Crippen molar-refractivity contribution in [2.45, 2.75) is 78.6 Å². The normalized spacial score (nSPS) is 18.6. The highest BCUT2D eigenvalue weighted by Gasteiger charge is 2.37. The zero-order chi connectivity index (χ0) is 24.1. The van der Waals surface area contributed by atoms with E-state index in [9.17, 15) is 0 Å². The Morgan fingerprint density at radius 2 is 1.60 bits per heavy atom. The Morgan fingerprint density at radius 3 is 2.31 bits per heavy atom. The zero-order valence-electron chi connectivity index (χ0n) is 21.4. The Bertz CT molecular complexity index is 1290. The minimum atomic E-state index is -0.141. The quantitative estimate of drug-likeness (QED) is 0.446. The van der Waals surface area contributed by atoms with Crippen LogP contribution in [0.1, 0.15) is 86.9 Å². The first kappa shape index (κ1) is 25.0. The van der Waals surface area contributed by atoms with Crippen molar-refractivity contribution in [3.05, 3.63) is 111 Å². The highest BCUT2D eigenvalue weighted by Crippen LogP contribution is 2.47. The molecule has 1 N–H and O–H groups in total. The highest BCUT2D eigenvalue weighted by atomic mass is 15.0. The lowest BCUT2D eigenvalue weighted by molar-refractivity contribution is 0.633. The van der Waals surface area contributed by atoms with Gasteiger partial charge in [-0.2, -0.15) is 0 Å². The van der Waals surface area contributed by atoms with Crippen LogP contribution in [0.25, 0.3) is 12.2 Å². The van der Waals surface area contributed by atoms with Crippen LogP contribution in [0, 0.1) is 6.92 Å². The van der Waals surface area contributed by atoms with E-state index < -0.39 is 0 Å². The molecule has 0 bridgehead atoms. The number of rotatable bonds is 4. The molecule has 0 amide bonds. The maximum absolute atomic E-state index is 4.52. The summed E-state index contributed by atoms with van der Waals surface area (Å²) in [6.07, 6.45) is 20.4. The van der Waals surface area contributed by atoms with Crippen molar-refractivity contribution >= 4 is 17.8 Å². The number of aryl methyl sites for hydroxylation is 3. The molecule has 0 saturated heterocycles. The predicted molar refractivity (Wildman–Crippen MR) is 155 cm³/mol. The van der Waals surface area contributed by atoms with Crippen LogP contribution < -0.4 is 5.32 Å². The van der Waals surface area contributed by atoms with E-state index in [1.54, 1.807) is 0 Å². The van der Waals surface area contributed by atoms with Crippen molar-refractivity contribution in [2.75, 3.05) is 5.32 Å². The molecule has 2 aliphatic carbocycles. The first-order valence-corrected chi connectivity index (χ1v) is 12.7. The van der Waals surface area contributed by atoms with E-state index in [-0.39, 0.29) is 18.3 Å². The molecule has 2 aromatic rings. The Balaban J connectivity index is 0.00000289.